The molecule has 1 aliphatic heterocycles. The largest absolute Gasteiger partial charge is 0.353 e. The molecule has 0 amide bonds. The SMILES string of the molecule is Cc1nc(N2CCN(c3ccccn3)CC2)c2cc(C)sc2n1. The molecule has 23 heavy (non-hydrogen) atoms. The summed E-state index contributed by atoms with van der Waals surface area (Å²) in [5, 5.41) is 1.18. The summed E-state index contributed by atoms with van der Waals surface area (Å²) in [5.74, 6) is 2.99. The Labute approximate surface area is 139 Å². The van der Waals surface area contributed by atoms with Crippen LogP contribution in [0.5, 0.6) is 0 Å². The first-order chi connectivity index (χ1) is 11.2. The van der Waals surface area contributed by atoms with E-state index in [2.05, 4.69) is 38.8 Å². The van der Waals surface area contributed by atoms with E-state index < -0.39 is 0 Å². The Bertz CT molecular complexity index is 822. The maximum absolute atomic E-state index is 4.72. The van der Waals surface area contributed by atoms with Gasteiger partial charge in [-0.05, 0) is 32.0 Å². The molecular formula is C17H19N5S. The molecule has 3 aromatic rings. The van der Waals surface area contributed by atoms with Crippen molar-refractivity contribution in [2.45, 2.75) is 13.8 Å². The zero-order valence-corrected chi connectivity index (χ0v) is 14.2. The Morgan fingerprint density at radius 2 is 1.78 bits per heavy atom. The third kappa shape index (κ3) is 2.74. The normalized spacial score (nSPS) is 15.4. The molecule has 0 aromatic carbocycles. The molecule has 4 heterocycles. The predicted molar refractivity (Wildman–Crippen MR) is 95.6 cm³/mol. The van der Waals surface area contributed by atoms with Crippen molar-refractivity contribution in [2.75, 3.05) is 36.0 Å². The number of hydrogen-bond donors (Lipinski definition) is 0. The quantitative estimate of drug-likeness (QED) is 0.725. The molecule has 3 aromatic heterocycles. The molecule has 0 saturated carbocycles. The van der Waals surface area contributed by atoms with Gasteiger partial charge < -0.3 is 9.80 Å². The number of fused-ring (bicyclic) bond motifs is 1. The van der Waals surface area contributed by atoms with E-state index in [-0.39, 0.29) is 0 Å². The summed E-state index contributed by atoms with van der Waals surface area (Å²) in [4.78, 5) is 20.8. The fraction of sp³-hybridized carbons (Fsp3) is 0.353. The summed E-state index contributed by atoms with van der Waals surface area (Å²) < 4.78 is 0. The topological polar surface area (TPSA) is 45.2 Å². The molecule has 0 spiro atoms. The van der Waals surface area contributed by atoms with Crippen LogP contribution in [0.15, 0.2) is 30.5 Å². The molecule has 0 radical (unpaired) electrons. The standard InChI is InChI=1S/C17H19N5S/c1-12-11-14-16(19-13(2)20-17(14)23-12)22-9-7-21(8-10-22)15-5-3-4-6-18-15/h3-6,11H,7-10H2,1-2H3. The van der Waals surface area contributed by atoms with Crippen molar-refractivity contribution in [3.63, 3.8) is 0 Å². The van der Waals surface area contributed by atoms with Crippen LogP contribution in [0.25, 0.3) is 10.2 Å². The summed E-state index contributed by atoms with van der Waals surface area (Å²) in [7, 11) is 0. The maximum Gasteiger partial charge on any atom is 0.141 e. The Morgan fingerprint density at radius 1 is 1.00 bits per heavy atom. The number of anilines is 2. The molecule has 0 aliphatic carbocycles. The number of hydrogen-bond acceptors (Lipinski definition) is 6. The Kier molecular flexibility index (Phi) is 3.61. The maximum atomic E-state index is 4.72. The van der Waals surface area contributed by atoms with Gasteiger partial charge in [-0.25, -0.2) is 15.0 Å². The van der Waals surface area contributed by atoms with Gasteiger partial charge in [0.05, 0.1) is 5.39 Å². The number of pyridine rings is 1. The van der Waals surface area contributed by atoms with E-state index in [4.69, 9.17) is 4.98 Å². The molecule has 6 heteroatoms. The third-order valence-electron chi connectivity index (χ3n) is 4.16. The van der Waals surface area contributed by atoms with E-state index in [1.165, 1.54) is 10.3 Å². The second kappa shape index (κ2) is 5.77. The highest BCUT2D eigenvalue weighted by molar-refractivity contribution is 7.18. The van der Waals surface area contributed by atoms with Gasteiger partial charge >= 0.3 is 0 Å². The second-order valence-corrected chi connectivity index (χ2v) is 7.07. The highest BCUT2D eigenvalue weighted by atomic mass is 32.1. The van der Waals surface area contributed by atoms with E-state index in [1.54, 1.807) is 11.3 Å². The minimum atomic E-state index is 0.849. The zero-order chi connectivity index (χ0) is 15.8. The summed E-state index contributed by atoms with van der Waals surface area (Å²) in [6.07, 6.45) is 1.85. The summed E-state index contributed by atoms with van der Waals surface area (Å²) in [6, 6.07) is 8.28. The minimum Gasteiger partial charge on any atom is -0.353 e. The third-order valence-corrected chi connectivity index (χ3v) is 5.10. The molecule has 0 N–H and O–H groups in total. The second-order valence-electron chi connectivity index (χ2n) is 5.83. The zero-order valence-electron chi connectivity index (χ0n) is 13.4. The van der Waals surface area contributed by atoms with Gasteiger partial charge in [0.1, 0.15) is 22.3 Å². The monoisotopic (exact) mass is 325 g/mol. The molecular weight excluding hydrogens is 306 g/mol. The van der Waals surface area contributed by atoms with Crippen LogP contribution < -0.4 is 9.80 Å². The number of aromatic nitrogens is 3. The predicted octanol–water partition coefficient (Wildman–Crippen LogP) is 3.03. The highest BCUT2D eigenvalue weighted by Crippen LogP contribution is 2.31. The van der Waals surface area contributed by atoms with E-state index in [0.717, 1.165) is 48.5 Å². The van der Waals surface area contributed by atoms with Gasteiger partial charge in [-0.1, -0.05) is 6.07 Å². The van der Waals surface area contributed by atoms with Crippen molar-refractivity contribution in [1.29, 1.82) is 0 Å². The lowest BCUT2D eigenvalue weighted by atomic mass is 10.2. The lowest BCUT2D eigenvalue weighted by Crippen LogP contribution is -2.47. The minimum absolute atomic E-state index is 0.849. The van der Waals surface area contributed by atoms with Crippen LogP contribution >= 0.6 is 11.3 Å². The van der Waals surface area contributed by atoms with Crippen molar-refractivity contribution in [1.82, 2.24) is 15.0 Å². The van der Waals surface area contributed by atoms with E-state index in [9.17, 15) is 0 Å². The number of rotatable bonds is 2. The van der Waals surface area contributed by atoms with Gasteiger partial charge in [0, 0.05) is 37.3 Å². The Hall–Kier alpha value is -2.21. The molecule has 5 nitrogen and oxygen atoms in total. The van der Waals surface area contributed by atoms with Crippen LogP contribution in [-0.2, 0) is 0 Å². The first-order valence-corrected chi connectivity index (χ1v) is 8.68. The van der Waals surface area contributed by atoms with Crippen molar-refractivity contribution in [3.05, 3.63) is 41.2 Å². The van der Waals surface area contributed by atoms with E-state index in [0.29, 0.717) is 0 Å². The van der Waals surface area contributed by atoms with Crippen LogP contribution in [-0.4, -0.2) is 41.1 Å². The van der Waals surface area contributed by atoms with Gasteiger partial charge in [-0.15, -0.1) is 11.3 Å². The molecule has 1 fully saturated rings. The van der Waals surface area contributed by atoms with Crippen molar-refractivity contribution in [2.24, 2.45) is 0 Å². The Balaban J connectivity index is 1.59. The Morgan fingerprint density at radius 3 is 2.52 bits per heavy atom. The van der Waals surface area contributed by atoms with Gasteiger partial charge in [0.25, 0.3) is 0 Å². The van der Waals surface area contributed by atoms with Gasteiger partial charge in [-0.2, -0.15) is 0 Å². The molecule has 0 unspecified atom stereocenters. The van der Waals surface area contributed by atoms with Crippen LogP contribution in [0.3, 0.4) is 0 Å². The van der Waals surface area contributed by atoms with E-state index in [1.807, 2.05) is 25.3 Å². The summed E-state index contributed by atoms with van der Waals surface area (Å²) in [5.41, 5.74) is 0. The van der Waals surface area contributed by atoms with Crippen LogP contribution in [0.2, 0.25) is 0 Å². The van der Waals surface area contributed by atoms with Crippen LogP contribution in [0.4, 0.5) is 11.6 Å². The number of aryl methyl sites for hydroxylation is 2. The van der Waals surface area contributed by atoms with Crippen LogP contribution in [0, 0.1) is 13.8 Å². The number of piperazine rings is 1. The smallest absolute Gasteiger partial charge is 0.141 e. The first-order valence-electron chi connectivity index (χ1n) is 7.86. The number of nitrogens with zero attached hydrogens (tertiary/aromatic N) is 5. The number of thiophene rings is 1. The molecule has 1 saturated heterocycles. The van der Waals surface area contributed by atoms with Gasteiger partial charge in [0.15, 0.2) is 0 Å². The highest BCUT2D eigenvalue weighted by Gasteiger charge is 2.21. The molecule has 4 rings (SSSR count). The fourth-order valence-corrected chi connectivity index (χ4v) is 3.98. The summed E-state index contributed by atoms with van der Waals surface area (Å²) in [6.45, 7) is 7.94. The average molecular weight is 325 g/mol. The van der Waals surface area contributed by atoms with Crippen molar-refractivity contribution in [3.8, 4) is 0 Å². The molecule has 1 aliphatic rings. The summed E-state index contributed by atoms with van der Waals surface area (Å²) >= 11 is 1.74. The fourth-order valence-electron chi connectivity index (χ4n) is 3.06. The van der Waals surface area contributed by atoms with Gasteiger partial charge in [0.2, 0.25) is 0 Å². The van der Waals surface area contributed by atoms with Crippen LogP contribution in [0.1, 0.15) is 10.7 Å². The molecule has 0 atom stereocenters. The van der Waals surface area contributed by atoms with Gasteiger partial charge in [-0.3, -0.25) is 0 Å². The van der Waals surface area contributed by atoms with E-state index >= 15 is 0 Å². The lowest BCUT2D eigenvalue weighted by molar-refractivity contribution is 0.642. The molecule has 118 valence electrons. The van der Waals surface area contributed by atoms with Crippen molar-refractivity contribution < 1.29 is 0 Å². The van der Waals surface area contributed by atoms with Crippen molar-refractivity contribution >= 4 is 33.2 Å². The average Bonchev–Trinajstić information content (AvgIpc) is 2.95. The lowest BCUT2D eigenvalue weighted by Gasteiger charge is -2.36. The first kappa shape index (κ1) is 14.4. The molecule has 0 bridgehead atoms.